The molecule has 0 aromatic heterocycles. The van der Waals surface area contributed by atoms with Crippen LogP contribution in [0, 0.1) is 0 Å². The molecule has 0 aromatic rings. The third-order valence-electron chi connectivity index (χ3n) is 4.22. The number of hydrogen-bond acceptors (Lipinski definition) is 3. The van der Waals surface area contributed by atoms with Gasteiger partial charge in [0.15, 0.2) is 0 Å². The van der Waals surface area contributed by atoms with Gasteiger partial charge in [-0.1, -0.05) is 0 Å². The number of nitrogens with one attached hydrogen (secondary N) is 1. The van der Waals surface area contributed by atoms with E-state index in [2.05, 4.69) is 5.32 Å². The molecule has 0 aromatic carbocycles. The summed E-state index contributed by atoms with van der Waals surface area (Å²) in [7, 11) is 0. The largest absolute Gasteiger partial charge is 0.481 e. The van der Waals surface area contributed by atoms with E-state index in [1.807, 2.05) is 4.90 Å². The predicted molar refractivity (Wildman–Crippen MR) is 71.9 cm³/mol. The normalized spacial score (nSPS) is 27.5. The lowest BCUT2D eigenvalue weighted by Crippen LogP contribution is -2.45. The van der Waals surface area contributed by atoms with Crippen molar-refractivity contribution in [3.05, 3.63) is 0 Å². The summed E-state index contributed by atoms with van der Waals surface area (Å²) in [6, 6.07) is 0.466. The maximum Gasteiger partial charge on any atom is 0.303 e. The van der Waals surface area contributed by atoms with Crippen molar-refractivity contribution in [3.8, 4) is 0 Å². The van der Waals surface area contributed by atoms with E-state index in [0.29, 0.717) is 18.9 Å². The van der Waals surface area contributed by atoms with E-state index in [1.165, 1.54) is 0 Å². The molecule has 5 nitrogen and oxygen atoms in total. The first-order valence-corrected chi connectivity index (χ1v) is 7.41. The van der Waals surface area contributed by atoms with E-state index in [4.69, 9.17) is 5.11 Å². The Bertz CT molecular complexity index is 327. The standard InChI is InChI=1S/C14H24N2O3/c17-13(10-11-4-3-8-15-11)16-9-2-1-5-12(16)6-7-14(18)19/h11-12,15H,1-10H2,(H,18,19). The van der Waals surface area contributed by atoms with Crippen molar-refractivity contribution in [2.75, 3.05) is 13.1 Å². The summed E-state index contributed by atoms with van der Waals surface area (Å²) in [6.45, 7) is 1.82. The zero-order chi connectivity index (χ0) is 13.7. The number of likely N-dealkylation sites (tertiary alicyclic amines) is 1. The van der Waals surface area contributed by atoms with Gasteiger partial charge >= 0.3 is 5.97 Å². The first kappa shape index (κ1) is 14.3. The van der Waals surface area contributed by atoms with Crippen LogP contribution in [0.25, 0.3) is 0 Å². The Morgan fingerprint density at radius 3 is 2.74 bits per heavy atom. The number of piperidine rings is 1. The maximum atomic E-state index is 12.3. The number of aliphatic carboxylic acids is 1. The molecule has 2 unspecified atom stereocenters. The summed E-state index contributed by atoms with van der Waals surface area (Å²) >= 11 is 0. The Kier molecular flexibility index (Phi) is 5.19. The lowest BCUT2D eigenvalue weighted by molar-refractivity contribution is -0.140. The van der Waals surface area contributed by atoms with Crippen molar-refractivity contribution in [2.45, 2.75) is 63.5 Å². The minimum absolute atomic E-state index is 0.138. The van der Waals surface area contributed by atoms with Gasteiger partial charge in [0.25, 0.3) is 0 Å². The van der Waals surface area contributed by atoms with Gasteiger partial charge in [-0.25, -0.2) is 0 Å². The number of carboxylic acid groups (broad SMARTS) is 1. The van der Waals surface area contributed by atoms with Crippen LogP contribution < -0.4 is 5.32 Å². The van der Waals surface area contributed by atoms with Gasteiger partial charge in [0, 0.05) is 31.5 Å². The minimum atomic E-state index is -0.768. The van der Waals surface area contributed by atoms with Crippen LogP contribution in [0.15, 0.2) is 0 Å². The maximum absolute atomic E-state index is 12.3. The van der Waals surface area contributed by atoms with Crippen LogP contribution in [-0.4, -0.2) is 47.1 Å². The lowest BCUT2D eigenvalue weighted by atomic mass is 9.97. The molecule has 2 N–H and O–H groups in total. The zero-order valence-corrected chi connectivity index (χ0v) is 11.4. The highest BCUT2D eigenvalue weighted by Crippen LogP contribution is 2.23. The first-order chi connectivity index (χ1) is 9.16. The molecule has 0 radical (unpaired) electrons. The highest BCUT2D eigenvalue weighted by Gasteiger charge is 2.29. The summed E-state index contributed by atoms with van der Waals surface area (Å²) in [5.41, 5.74) is 0. The molecule has 2 rings (SSSR count). The molecule has 1 amide bonds. The lowest BCUT2D eigenvalue weighted by Gasteiger charge is -2.36. The number of carboxylic acids is 1. The predicted octanol–water partition coefficient (Wildman–Crippen LogP) is 1.37. The SMILES string of the molecule is O=C(O)CCC1CCCCN1C(=O)CC1CCCN1. The minimum Gasteiger partial charge on any atom is -0.481 e. The fraction of sp³-hybridized carbons (Fsp3) is 0.857. The van der Waals surface area contributed by atoms with E-state index in [0.717, 1.165) is 45.2 Å². The van der Waals surface area contributed by atoms with Crippen molar-refractivity contribution in [1.82, 2.24) is 10.2 Å². The topological polar surface area (TPSA) is 69.6 Å². The van der Waals surface area contributed by atoms with Gasteiger partial charge in [-0.2, -0.15) is 0 Å². The Hall–Kier alpha value is -1.10. The van der Waals surface area contributed by atoms with Gasteiger partial charge in [0.05, 0.1) is 0 Å². The van der Waals surface area contributed by atoms with Gasteiger partial charge in [0.2, 0.25) is 5.91 Å². The summed E-state index contributed by atoms with van der Waals surface area (Å²) in [5.74, 6) is -0.565. The molecule has 0 aliphatic carbocycles. The average Bonchev–Trinajstić information content (AvgIpc) is 2.89. The number of hydrogen-bond donors (Lipinski definition) is 2. The summed E-state index contributed by atoms with van der Waals surface area (Å²) in [6.07, 6.45) is 6.68. The van der Waals surface area contributed by atoms with E-state index in [1.54, 1.807) is 0 Å². The third kappa shape index (κ3) is 4.20. The Labute approximate surface area is 114 Å². The Balaban J connectivity index is 1.86. The van der Waals surface area contributed by atoms with Crippen LogP contribution in [0.4, 0.5) is 0 Å². The molecule has 2 heterocycles. The average molecular weight is 268 g/mol. The van der Waals surface area contributed by atoms with Crippen LogP contribution in [-0.2, 0) is 9.59 Å². The van der Waals surface area contributed by atoms with Gasteiger partial charge in [-0.3, -0.25) is 9.59 Å². The second-order valence-corrected chi connectivity index (χ2v) is 5.67. The zero-order valence-electron chi connectivity index (χ0n) is 11.4. The van der Waals surface area contributed by atoms with Gasteiger partial charge in [-0.05, 0) is 45.1 Å². The number of amides is 1. The molecule has 5 heteroatoms. The molecule has 0 saturated carbocycles. The fourth-order valence-electron chi connectivity index (χ4n) is 3.18. The monoisotopic (exact) mass is 268 g/mol. The van der Waals surface area contributed by atoms with Gasteiger partial charge in [-0.15, -0.1) is 0 Å². The highest BCUT2D eigenvalue weighted by molar-refractivity contribution is 5.77. The number of carbonyl (C=O) groups excluding carboxylic acids is 1. The molecule has 2 saturated heterocycles. The van der Waals surface area contributed by atoms with Crippen LogP contribution in [0.3, 0.4) is 0 Å². The fourth-order valence-corrected chi connectivity index (χ4v) is 3.18. The van der Waals surface area contributed by atoms with E-state index < -0.39 is 5.97 Å². The molecule has 2 atom stereocenters. The smallest absolute Gasteiger partial charge is 0.303 e. The summed E-state index contributed by atoms with van der Waals surface area (Å²) in [4.78, 5) is 25.0. The van der Waals surface area contributed by atoms with E-state index in [-0.39, 0.29) is 18.4 Å². The van der Waals surface area contributed by atoms with Crippen LogP contribution in [0.2, 0.25) is 0 Å². The van der Waals surface area contributed by atoms with Crippen molar-refractivity contribution in [2.24, 2.45) is 0 Å². The number of rotatable bonds is 5. The molecule has 2 fully saturated rings. The van der Waals surface area contributed by atoms with Crippen LogP contribution in [0.5, 0.6) is 0 Å². The van der Waals surface area contributed by atoms with Crippen molar-refractivity contribution in [3.63, 3.8) is 0 Å². The van der Waals surface area contributed by atoms with Crippen molar-refractivity contribution >= 4 is 11.9 Å². The van der Waals surface area contributed by atoms with Crippen LogP contribution >= 0.6 is 0 Å². The Morgan fingerprint density at radius 2 is 2.05 bits per heavy atom. The number of carbonyl (C=O) groups is 2. The van der Waals surface area contributed by atoms with Crippen LogP contribution in [0.1, 0.15) is 51.4 Å². The van der Waals surface area contributed by atoms with Gasteiger partial charge in [0.1, 0.15) is 0 Å². The Morgan fingerprint density at radius 1 is 1.21 bits per heavy atom. The van der Waals surface area contributed by atoms with E-state index >= 15 is 0 Å². The molecule has 0 spiro atoms. The quantitative estimate of drug-likeness (QED) is 0.790. The molecule has 19 heavy (non-hydrogen) atoms. The third-order valence-corrected chi connectivity index (χ3v) is 4.22. The highest BCUT2D eigenvalue weighted by atomic mass is 16.4. The molecule has 2 aliphatic rings. The van der Waals surface area contributed by atoms with E-state index in [9.17, 15) is 9.59 Å². The molecular formula is C14H24N2O3. The molecular weight excluding hydrogens is 244 g/mol. The summed E-state index contributed by atoms with van der Waals surface area (Å²) < 4.78 is 0. The molecule has 2 aliphatic heterocycles. The second kappa shape index (κ2) is 6.89. The first-order valence-electron chi connectivity index (χ1n) is 7.41. The summed E-state index contributed by atoms with van der Waals surface area (Å²) in [5, 5.41) is 12.1. The van der Waals surface area contributed by atoms with Crippen molar-refractivity contribution in [1.29, 1.82) is 0 Å². The molecule has 0 bridgehead atoms. The molecule has 108 valence electrons. The second-order valence-electron chi connectivity index (χ2n) is 5.67. The van der Waals surface area contributed by atoms with Gasteiger partial charge < -0.3 is 15.3 Å². The van der Waals surface area contributed by atoms with Crippen molar-refractivity contribution < 1.29 is 14.7 Å². The number of nitrogens with zero attached hydrogens (tertiary/aromatic N) is 1.